The maximum atomic E-state index is 6.29. The number of hydrogen-bond acceptors (Lipinski definition) is 4. The lowest BCUT2D eigenvalue weighted by Gasteiger charge is -2.29. The minimum atomic E-state index is 0.115. The minimum absolute atomic E-state index is 0.115. The van der Waals surface area contributed by atoms with Crippen LogP contribution in [0.5, 0.6) is 11.5 Å². The smallest absolute Gasteiger partial charge is 0.180 e. The number of halogens is 1. The normalized spacial score (nSPS) is 22.6. The van der Waals surface area contributed by atoms with Gasteiger partial charge in [-0.15, -0.1) is 0 Å². The van der Waals surface area contributed by atoms with Crippen molar-refractivity contribution < 1.29 is 14.2 Å². The van der Waals surface area contributed by atoms with Crippen molar-refractivity contribution in [2.45, 2.75) is 44.4 Å². The van der Waals surface area contributed by atoms with Crippen LogP contribution < -0.4 is 15.2 Å². The van der Waals surface area contributed by atoms with Crippen LogP contribution in [0.4, 0.5) is 0 Å². The van der Waals surface area contributed by atoms with Gasteiger partial charge in [-0.05, 0) is 37.0 Å². The van der Waals surface area contributed by atoms with Crippen molar-refractivity contribution >= 4 is 11.6 Å². The summed E-state index contributed by atoms with van der Waals surface area (Å²) in [6.07, 6.45) is 4.47. The number of hydrogen-bond donors (Lipinski definition) is 1. The molecule has 0 aliphatic heterocycles. The molecule has 2 rings (SSSR count). The predicted molar refractivity (Wildman–Crippen MR) is 79.6 cm³/mol. The molecule has 4 nitrogen and oxygen atoms in total. The summed E-state index contributed by atoms with van der Waals surface area (Å²) in [6, 6.07) is 3.70. The third-order valence-corrected chi connectivity index (χ3v) is 4.00. The van der Waals surface area contributed by atoms with Gasteiger partial charge in [0, 0.05) is 20.1 Å². The number of nitrogens with two attached hydrogens (primary N) is 1. The van der Waals surface area contributed by atoms with Gasteiger partial charge in [-0.2, -0.15) is 0 Å². The first-order valence-corrected chi connectivity index (χ1v) is 7.31. The Bertz CT molecular complexity index is 453. The van der Waals surface area contributed by atoms with E-state index in [1.807, 2.05) is 12.1 Å². The zero-order chi connectivity index (χ0) is 14.5. The summed E-state index contributed by atoms with van der Waals surface area (Å²) >= 11 is 6.29. The zero-order valence-corrected chi connectivity index (χ0v) is 12.8. The van der Waals surface area contributed by atoms with Crippen LogP contribution in [0.25, 0.3) is 0 Å². The summed E-state index contributed by atoms with van der Waals surface area (Å²) in [5, 5.41) is 0.546. The first kappa shape index (κ1) is 15.4. The highest BCUT2D eigenvalue weighted by atomic mass is 35.5. The van der Waals surface area contributed by atoms with Crippen molar-refractivity contribution in [2.24, 2.45) is 5.73 Å². The summed E-state index contributed by atoms with van der Waals surface area (Å²) in [5.74, 6) is 1.24. The molecule has 1 aromatic rings. The third kappa shape index (κ3) is 3.57. The second-order valence-electron chi connectivity index (χ2n) is 5.08. The fourth-order valence-electron chi connectivity index (χ4n) is 2.60. The van der Waals surface area contributed by atoms with Crippen LogP contribution in [0.1, 0.15) is 31.2 Å². The van der Waals surface area contributed by atoms with Gasteiger partial charge >= 0.3 is 0 Å². The second-order valence-corrected chi connectivity index (χ2v) is 5.48. The van der Waals surface area contributed by atoms with Crippen LogP contribution in [0.2, 0.25) is 5.02 Å². The Morgan fingerprint density at radius 3 is 2.65 bits per heavy atom. The Balaban J connectivity index is 2.15. The van der Waals surface area contributed by atoms with Crippen LogP contribution in [0.15, 0.2) is 12.1 Å². The number of benzene rings is 1. The lowest BCUT2D eigenvalue weighted by molar-refractivity contribution is 0.0202. The molecule has 1 saturated carbocycles. The highest BCUT2D eigenvalue weighted by Crippen LogP contribution is 2.38. The van der Waals surface area contributed by atoms with Gasteiger partial charge in [-0.3, -0.25) is 0 Å². The molecule has 1 aliphatic carbocycles. The second kappa shape index (κ2) is 7.16. The molecule has 0 radical (unpaired) electrons. The molecular weight excluding hydrogens is 278 g/mol. The summed E-state index contributed by atoms with van der Waals surface area (Å²) in [7, 11) is 3.36. The molecule has 0 heterocycles. The van der Waals surface area contributed by atoms with E-state index in [2.05, 4.69) is 0 Å². The molecule has 0 amide bonds. The topological polar surface area (TPSA) is 53.7 Å². The van der Waals surface area contributed by atoms with Gasteiger partial charge in [-0.1, -0.05) is 11.6 Å². The van der Waals surface area contributed by atoms with Crippen molar-refractivity contribution in [3.05, 3.63) is 22.7 Å². The molecule has 0 saturated heterocycles. The monoisotopic (exact) mass is 299 g/mol. The number of rotatable bonds is 5. The zero-order valence-electron chi connectivity index (χ0n) is 12.0. The number of ether oxygens (including phenoxy) is 3. The Labute approximate surface area is 125 Å². The summed E-state index contributed by atoms with van der Waals surface area (Å²) < 4.78 is 16.9. The highest BCUT2D eigenvalue weighted by molar-refractivity contribution is 6.32. The summed E-state index contributed by atoms with van der Waals surface area (Å²) in [4.78, 5) is 0. The molecule has 0 bridgehead atoms. The summed E-state index contributed by atoms with van der Waals surface area (Å²) in [5.41, 5.74) is 6.57. The van der Waals surface area contributed by atoms with E-state index in [1.54, 1.807) is 14.2 Å². The van der Waals surface area contributed by atoms with Gasteiger partial charge in [0.1, 0.15) is 6.10 Å². The van der Waals surface area contributed by atoms with Gasteiger partial charge in [0.05, 0.1) is 18.2 Å². The van der Waals surface area contributed by atoms with E-state index >= 15 is 0 Å². The molecule has 0 spiro atoms. The van der Waals surface area contributed by atoms with Gasteiger partial charge in [0.2, 0.25) is 0 Å². The highest BCUT2D eigenvalue weighted by Gasteiger charge is 2.25. The molecule has 2 unspecified atom stereocenters. The van der Waals surface area contributed by atoms with Crippen molar-refractivity contribution in [2.75, 3.05) is 14.2 Å². The fraction of sp³-hybridized carbons (Fsp3) is 0.600. The summed E-state index contributed by atoms with van der Waals surface area (Å²) in [6.45, 7) is 0.422. The van der Waals surface area contributed by atoms with Crippen LogP contribution >= 0.6 is 11.6 Å². The van der Waals surface area contributed by atoms with E-state index in [1.165, 1.54) is 0 Å². The van der Waals surface area contributed by atoms with Crippen LogP contribution in [0.3, 0.4) is 0 Å². The van der Waals surface area contributed by atoms with Crippen molar-refractivity contribution in [3.63, 3.8) is 0 Å². The van der Waals surface area contributed by atoms with Gasteiger partial charge in [0.25, 0.3) is 0 Å². The fourth-order valence-corrected chi connectivity index (χ4v) is 2.87. The Morgan fingerprint density at radius 1 is 1.25 bits per heavy atom. The molecule has 20 heavy (non-hydrogen) atoms. The van der Waals surface area contributed by atoms with Gasteiger partial charge in [-0.25, -0.2) is 0 Å². The maximum absolute atomic E-state index is 6.29. The van der Waals surface area contributed by atoms with Gasteiger partial charge < -0.3 is 19.9 Å². The maximum Gasteiger partial charge on any atom is 0.180 e. The first-order valence-electron chi connectivity index (χ1n) is 6.93. The van der Waals surface area contributed by atoms with Crippen LogP contribution in [-0.4, -0.2) is 26.4 Å². The van der Waals surface area contributed by atoms with E-state index < -0.39 is 0 Å². The molecule has 0 aromatic heterocycles. The molecule has 112 valence electrons. The molecule has 1 fully saturated rings. The lowest BCUT2D eigenvalue weighted by Crippen LogP contribution is -2.29. The predicted octanol–water partition coefficient (Wildman–Crippen LogP) is 3.14. The van der Waals surface area contributed by atoms with Crippen LogP contribution in [0, 0.1) is 0 Å². The van der Waals surface area contributed by atoms with Crippen molar-refractivity contribution in [1.29, 1.82) is 0 Å². The van der Waals surface area contributed by atoms with E-state index in [9.17, 15) is 0 Å². The molecular formula is C15H22ClNO3. The molecule has 2 atom stereocenters. The average Bonchev–Trinajstić information content (AvgIpc) is 2.49. The van der Waals surface area contributed by atoms with E-state index in [4.69, 9.17) is 31.5 Å². The Morgan fingerprint density at radius 2 is 2.00 bits per heavy atom. The Kier molecular flexibility index (Phi) is 5.52. The molecule has 1 aromatic carbocycles. The Hall–Kier alpha value is -0.970. The molecule has 5 heteroatoms. The van der Waals surface area contributed by atoms with E-state index in [0.717, 1.165) is 31.2 Å². The standard InChI is InChI=1S/C15H22ClNO3/c1-18-11-4-3-5-12(8-11)20-15-13(16)6-10(9-17)7-14(15)19-2/h6-7,11-12H,3-5,8-9,17H2,1-2H3. The largest absolute Gasteiger partial charge is 0.493 e. The first-order chi connectivity index (χ1) is 9.67. The molecule has 2 N–H and O–H groups in total. The quantitative estimate of drug-likeness (QED) is 0.907. The van der Waals surface area contributed by atoms with Crippen molar-refractivity contribution in [3.8, 4) is 11.5 Å². The molecule has 1 aliphatic rings. The SMILES string of the molecule is COc1cc(CN)cc(Cl)c1OC1CCCC(OC)C1. The minimum Gasteiger partial charge on any atom is -0.493 e. The van der Waals surface area contributed by atoms with E-state index in [0.29, 0.717) is 23.1 Å². The van der Waals surface area contributed by atoms with Crippen LogP contribution in [-0.2, 0) is 11.3 Å². The van der Waals surface area contributed by atoms with E-state index in [-0.39, 0.29) is 12.2 Å². The van der Waals surface area contributed by atoms with Crippen molar-refractivity contribution in [1.82, 2.24) is 0 Å². The van der Waals surface area contributed by atoms with Gasteiger partial charge in [0.15, 0.2) is 11.5 Å². The average molecular weight is 300 g/mol. The lowest BCUT2D eigenvalue weighted by atomic mass is 9.95. The third-order valence-electron chi connectivity index (χ3n) is 3.72. The number of methoxy groups -OCH3 is 2.